The van der Waals surface area contributed by atoms with Crippen LogP contribution in [0.2, 0.25) is 0 Å². The summed E-state index contributed by atoms with van der Waals surface area (Å²) < 4.78 is 0. The maximum atomic E-state index is 12.9. The first-order valence-electron chi connectivity index (χ1n) is 9.24. The number of piperidine rings is 1. The number of nitrogens with one attached hydrogen (secondary N) is 1. The van der Waals surface area contributed by atoms with Gasteiger partial charge in [-0.25, -0.2) is 0 Å². The van der Waals surface area contributed by atoms with E-state index in [2.05, 4.69) is 29.2 Å². The SMILES string of the molecule is O=C(c1cc[nH]c(=O)c1)N1CCC[C@]2(CCCCc3ccccc32)C1. The van der Waals surface area contributed by atoms with E-state index in [1.807, 2.05) is 4.90 Å². The molecule has 1 N–H and O–H groups in total. The molecule has 2 heterocycles. The Balaban J connectivity index is 1.67. The first-order chi connectivity index (χ1) is 12.2. The van der Waals surface area contributed by atoms with E-state index >= 15 is 0 Å². The average molecular weight is 336 g/mol. The summed E-state index contributed by atoms with van der Waals surface area (Å²) in [5.74, 6) is -0.0214. The molecular formula is C21H24N2O2. The van der Waals surface area contributed by atoms with Gasteiger partial charge in [-0.2, -0.15) is 0 Å². The van der Waals surface area contributed by atoms with Crippen LogP contribution in [0.1, 0.15) is 53.6 Å². The highest BCUT2D eigenvalue weighted by Gasteiger charge is 2.40. The van der Waals surface area contributed by atoms with Crippen LogP contribution in [0.25, 0.3) is 0 Å². The molecular weight excluding hydrogens is 312 g/mol. The molecule has 1 aromatic heterocycles. The molecule has 0 radical (unpaired) electrons. The van der Waals surface area contributed by atoms with Gasteiger partial charge in [0.1, 0.15) is 0 Å². The van der Waals surface area contributed by atoms with Crippen molar-refractivity contribution in [3.63, 3.8) is 0 Å². The number of nitrogens with zero attached hydrogens (tertiary/aromatic N) is 1. The van der Waals surface area contributed by atoms with E-state index in [1.165, 1.54) is 30.0 Å². The maximum Gasteiger partial charge on any atom is 0.254 e. The smallest absolute Gasteiger partial charge is 0.254 e. The van der Waals surface area contributed by atoms with Crippen molar-refractivity contribution in [1.29, 1.82) is 0 Å². The van der Waals surface area contributed by atoms with Gasteiger partial charge < -0.3 is 9.88 Å². The second-order valence-electron chi connectivity index (χ2n) is 7.42. The molecule has 1 atom stereocenters. The van der Waals surface area contributed by atoms with E-state index in [0.29, 0.717) is 5.56 Å². The van der Waals surface area contributed by atoms with Gasteiger partial charge in [-0.15, -0.1) is 0 Å². The van der Waals surface area contributed by atoms with Crippen molar-refractivity contribution in [1.82, 2.24) is 9.88 Å². The highest BCUT2D eigenvalue weighted by Crippen LogP contribution is 2.42. The summed E-state index contributed by atoms with van der Waals surface area (Å²) in [6.45, 7) is 1.53. The van der Waals surface area contributed by atoms with Crippen molar-refractivity contribution >= 4 is 5.91 Å². The first kappa shape index (κ1) is 16.1. The fourth-order valence-corrected chi connectivity index (χ4v) is 4.66. The van der Waals surface area contributed by atoms with Gasteiger partial charge in [0.05, 0.1) is 0 Å². The molecule has 2 aromatic rings. The number of carbonyl (C=O) groups excluding carboxylic acids is 1. The summed E-state index contributed by atoms with van der Waals surface area (Å²) in [4.78, 5) is 29.0. The Morgan fingerprint density at radius 3 is 2.80 bits per heavy atom. The molecule has 4 nitrogen and oxygen atoms in total. The predicted octanol–water partition coefficient (Wildman–Crippen LogP) is 3.28. The number of aromatic nitrogens is 1. The lowest BCUT2D eigenvalue weighted by atomic mass is 9.70. The number of hydrogen-bond donors (Lipinski definition) is 1. The Bertz CT molecular complexity index is 842. The molecule has 1 aliphatic heterocycles. The second kappa shape index (κ2) is 6.51. The number of aryl methyl sites for hydroxylation is 1. The van der Waals surface area contributed by atoms with Gasteiger partial charge in [-0.1, -0.05) is 30.7 Å². The Kier molecular flexibility index (Phi) is 4.20. The lowest BCUT2D eigenvalue weighted by Gasteiger charge is -2.43. The summed E-state index contributed by atoms with van der Waals surface area (Å²) in [6, 6.07) is 11.9. The van der Waals surface area contributed by atoms with Gasteiger partial charge in [0.2, 0.25) is 5.56 Å². The van der Waals surface area contributed by atoms with Crippen LogP contribution < -0.4 is 5.56 Å². The molecule has 0 unspecified atom stereocenters. The zero-order valence-corrected chi connectivity index (χ0v) is 14.5. The summed E-state index contributed by atoms with van der Waals surface area (Å²) in [5, 5.41) is 0. The number of aromatic amines is 1. The Hall–Kier alpha value is -2.36. The van der Waals surface area contributed by atoms with Crippen LogP contribution in [0.5, 0.6) is 0 Å². The summed E-state index contributed by atoms with van der Waals surface area (Å²) in [5.41, 5.74) is 3.23. The average Bonchev–Trinajstić information content (AvgIpc) is 2.81. The van der Waals surface area contributed by atoms with Crippen LogP contribution in [-0.2, 0) is 11.8 Å². The minimum atomic E-state index is -0.225. The third-order valence-corrected chi connectivity index (χ3v) is 5.83. The third-order valence-electron chi connectivity index (χ3n) is 5.83. The van der Waals surface area contributed by atoms with Gasteiger partial charge in [-0.3, -0.25) is 9.59 Å². The van der Waals surface area contributed by atoms with Gasteiger partial charge >= 0.3 is 0 Å². The Morgan fingerprint density at radius 1 is 1.08 bits per heavy atom. The highest BCUT2D eigenvalue weighted by molar-refractivity contribution is 5.94. The predicted molar refractivity (Wildman–Crippen MR) is 97.9 cm³/mol. The molecule has 1 fully saturated rings. The number of fused-ring (bicyclic) bond motifs is 2. The molecule has 2 aliphatic rings. The molecule has 4 rings (SSSR count). The Morgan fingerprint density at radius 2 is 1.92 bits per heavy atom. The standard InChI is InChI=1S/C21H24N2O2/c24-19-14-17(9-12-22-19)20(25)23-13-5-11-21(15-23)10-4-3-7-16-6-1-2-8-18(16)21/h1-2,6,8-9,12,14H,3-5,7,10-11,13,15H2,(H,22,24)/t21-/m1/s1. The van der Waals surface area contributed by atoms with Gasteiger partial charge in [-0.05, 0) is 49.3 Å². The summed E-state index contributed by atoms with van der Waals surface area (Å²) in [6.07, 6.45) is 8.42. The van der Waals surface area contributed by atoms with Crippen LogP contribution >= 0.6 is 0 Å². The minimum Gasteiger partial charge on any atom is -0.338 e. The molecule has 1 aromatic carbocycles. The monoisotopic (exact) mass is 336 g/mol. The van der Waals surface area contributed by atoms with Crippen molar-refractivity contribution in [2.45, 2.75) is 43.9 Å². The fourth-order valence-electron chi connectivity index (χ4n) is 4.66. The first-order valence-corrected chi connectivity index (χ1v) is 9.24. The van der Waals surface area contributed by atoms with Crippen LogP contribution in [0.15, 0.2) is 47.4 Å². The topological polar surface area (TPSA) is 53.2 Å². The van der Waals surface area contributed by atoms with Gasteiger partial charge in [0.15, 0.2) is 0 Å². The number of H-pyrrole nitrogens is 1. The van der Waals surface area contributed by atoms with Crippen molar-refractivity contribution in [2.75, 3.05) is 13.1 Å². The van der Waals surface area contributed by atoms with Crippen LogP contribution in [-0.4, -0.2) is 28.9 Å². The number of benzene rings is 1. The molecule has 25 heavy (non-hydrogen) atoms. The van der Waals surface area contributed by atoms with E-state index in [4.69, 9.17) is 0 Å². The molecule has 0 saturated carbocycles. The lowest BCUT2D eigenvalue weighted by molar-refractivity contribution is 0.0625. The number of amides is 1. The van der Waals surface area contributed by atoms with E-state index in [0.717, 1.165) is 38.8 Å². The Labute approximate surface area is 147 Å². The zero-order chi connectivity index (χ0) is 17.3. The molecule has 4 heteroatoms. The fraction of sp³-hybridized carbons (Fsp3) is 0.429. The van der Waals surface area contributed by atoms with Gasteiger partial charge in [0, 0.05) is 36.3 Å². The number of pyridine rings is 1. The molecule has 1 amide bonds. The van der Waals surface area contributed by atoms with Crippen LogP contribution in [0.3, 0.4) is 0 Å². The number of hydrogen-bond acceptors (Lipinski definition) is 2. The van der Waals surface area contributed by atoms with E-state index < -0.39 is 0 Å². The normalized spacial score (nSPS) is 23.1. The molecule has 0 bridgehead atoms. The quantitative estimate of drug-likeness (QED) is 0.869. The highest BCUT2D eigenvalue weighted by atomic mass is 16.2. The van der Waals surface area contributed by atoms with Crippen LogP contribution in [0, 0.1) is 0 Å². The number of rotatable bonds is 1. The third kappa shape index (κ3) is 3.01. The number of likely N-dealkylation sites (tertiary alicyclic amines) is 1. The van der Waals surface area contributed by atoms with E-state index in [1.54, 1.807) is 12.3 Å². The zero-order valence-electron chi connectivity index (χ0n) is 14.5. The maximum absolute atomic E-state index is 12.9. The van der Waals surface area contributed by atoms with E-state index in [9.17, 15) is 9.59 Å². The second-order valence-corrected chi connectivity index (χ2v) is 7.42. The molecule has 130 valence electrons. The molecule has 1 aliphatic carbocycles. The molecule has 1 saturated heterocycles. The van der Waals surface area contributed by atoms with Crippen LogP contribution in [0.4, 0.5) is 0 Å². The van der Waals surface area contributed by atoms with Crippen molar-refractivity contribution in [3.8, 4) is 0 Å². The van der Waals surface area contributed by atoms with Crippen molar-refractivity contribution in [2.24, 2.45) is 0 Å². The van der Waals surface area contributed by atoms with Crippen molar-refractivity contribution in [3.05, 3.63) is 69.6 Å². The van der Waals surface area contributed by atoms with Gasteiger partial charge in [0.25, 0.3) is 5.91 Å². The minimum absolute atomic E-state index is 0.0214. The largest absolute Gasteiger partial charge is 0.338 e. The lowest BCUT2D eigenvalue weighted by Crippen LogP contribution is -2.48. The summed E-state index contributed by atoms with van der Waals surface area (Å²) in [7, 11) is 0. The summed E-state index contributed by atoms with van der Waals surface area (Å²) >= 11 is 0. The number of carbonyl (C=O) groups is 1. The molecule has 1 spiro atoms. The van der Waals surface area contributed by atoms with Crippen molar-refractivity contribution < 1.29 is 4.79 Å². The van der Waals surface area contributed by atoms with E-state index in [-0.39, 0.29) is 16.9 Å².